The molecule has 0 spiro atoms. The van der Waals surface area contributed by atoms with Crippen LogP contribution in [0.25, 0.3) is 0 Å². The molecule has 47 heavy (non-hydrogen) atoms. The van der Waals surface area contributed by atoms with E-state index in [1.807, 2.05) is 0 Å². The number of alkyl halides is 12. The van der Waals surface area contributed by atoms with Gasteiger partial charge in [-0.25, -0.2) is 0 Å². The minimum Gasteiger partial charge on any atom is -0.403 e. The monoisotopic (exact) mass is 702 g/mol. The highest BCUT2D eigenvalue weighted by Crippen LogP contribution is 2.55. The van der Waals surface area contributed by atoms with Gasteiger partial charge in [0.25, 0.3) is 0 Å². The number of carbonyl (C=O) groups excluding carboxylic acids is 1. The van der Waals surface area contributed by atoms with Crippen molar-refractivity contribution < 1.29 is 61.9 Å². The van der Waals surface area contributed by atoms with Gasteiger partial charge in [0, 0.05) is 12.3 Å². The molecule has 1 atom stereocenters. The summed E-state index contributed by atoms with van der Waals surface area (Å²) in [6, 6.07) is 7.27. The van der Waals surface area contributed by atoms with Crippen molar-refractivity contribution >= 4 is 14.6 Å². The minimum atomic E-state index is -5.45. The number of rotatable bonds is 8. The molecule has 258 valence electrons. The van der Waals surface area contributed by atoms with Crippen LogP contribution in [0.1, 0.15) is 72.1 Å². The number of carbonyl (C=O) groups is 1. The maximum Gasteiger partial charge on any atom is 0.416 e. The second-order valence-electron chi connectivity index (χ2n) is 12.6. The van der Waals surface area contributed by atoms with Crippen LogP contribution in [-0.2, 0) is 39.5 Å². The van der Waals surface area contributed by atoms with E-state index in [9.17, 15) is 57.5 Å². The Hall–Kier alpha value is -3.33. The van der Waals surface area contributed by atoms with E-state index in [2.05, 4.69) is 0 Å². The van der Waals surface area contributed by atoms with E-state index >= 15 is 0 Å². The molecule has 0 radical (unpaired) electrons. The summed E-state index contributed by atoms with van der Waals surface area (Å²) in [7, 11) is -3.62. The van der Waals surface area contributed by atoms with E-state index in [0.29, 0.717) is 0 Å². The molecular weight excluding hydrogens is 672 g/mol. The molecule has 0 aliphatic heterocycles. The van der Waals surface area contributed by atoms with E-state index in [0.717, 1.165) is 0 Å². The van der Waals surface area contributed by atoms with Crippen molar-refractivity contribution in [3.63, 3.8) is 0 Å². The van der Waals surface area contributed by atoms with Crippen molar-refractivity contribution in [2.75, 3.05) is 0 Å². The van der Waals surface area contributed by atoms with E-state index < -0.39 is 89.4 Å². The van der Waals surface area contributed by atoms with Gasteiger partial charge in [-0.3, -0.25) is 0 Å². The number of hydrogen-bond donors (Lipinski definition) is 0. The van der Waals surface area contributed by atoms with Gasteiger partial charge in [-0.05, 0) is 71.2 Å². The Morgan fingerprint density at radius 1 is 0.596 bits per heavy atom. The van der Waals surface area contributed by atoms with Crippen molar-refractivity contribution in [2.24, 2.45) is 0 Å². The van der Waals surface area contributed by atoms with Crippen molar-refractivity contribution in [3.8, 4) is 0 Å². The van der Waals surface area contributed by atoms with Crippen LogP contribution >= 0.6 is 0 Å². The number of hydrogen-bond acceptors (Lipinski definition) is 2. The number of benzene rings is 3. The molecule has 0 bridgehead atoms. The fraction of sp³-hybridized carbons (Fsp3) is 0.406. The minimum absolute atomic E-state index is 0.00440. The second kappa shape index (κ2) is 12.6. The Bertz CT molecular complexity index is 1420. The summed E-state index contributed by atoms with van der Waals surface area (Å²) in [5.74, 6) is -1.72. The van der Waals surface area contributed by atoms with Gasteiger partial charge in [-0.1, -0.05) is 51.1 Å². The first-order chi connectivity index (χ1) is 21.1. The van der Waals surface area contributed by atoms with E-state index in [-0.39, 0.29) is 48.2 Å². The molecule has 3 aromatic rings. The fourth-order valence-electron chi connectivity index (χ4n) is 4.97. The van der Waals surface area contributed by atoms with E-state index in [1.54, 1.807) is 20.8 Å². The van der Waals surface area contributed by atoms with Crippen molar-refractivity contribution in [2.45, 2.75) is 81.5 Å². The van der Waals surface area contributed by atoms with Gasteiger partial charge in [-0.2, -0.15) is 52.7 Å². The lowest BCUT2D eigenvalue weighted by molar-refractivity contribution is -0.144. The third kappa shape index (κ3) is 8.22. The van der Waals surface area contributed by atoms with Crippen molar-refractivity contribution in [1.82, 2.24) is 0 Å². The van der Waals surface area contributed by atoms with E-state index in [1.165, 1.54) is 43.4 Å². The van der Waals surface area contributed by atoms with Gasteiger partial charge in [-0.15, -0.1) is 0 Å². The zero-order valence-electron chi connectivity index (χ0n) is 25.6. The molecule has 0 N–H and O–H groups in total. The maximum atomic E-state index is 14.2. The van der Waals surface area contributed by atoms with Crippen LogP contribution in [0.5, 0.6) is 0 Å². The highest BCUT2D eigenvalue weighted by Gasteiger charge is 2.53. The molecule has 0 amide bonds. The van der Waals surface area contributed by atoms with Gasteiger partial charge in [0.1, 0.15) is 11.9 Å². The molecule has 15 heteroatoms. The summed E-state index contributed by atoms with van der Waals surface area (Å²) in [5, 5.41) is -0.955. The average molecular weight is 703 g/mol. The Morgan fingerprint density at radius 2 is 0.915 bits per heavy atom. The lowest BCUT2D eigenvalue weighted by atomic mass is 9.70. The molecule has 3 rings (SSSR count). The third-order valence-electron chi connectivity index (χ3n) is 8.28. The first-order valence-electron chi connectivity index (χ1n) is 13.9. The summed E-state index contributed by atoms with van der Waals surface area (Å²) in [5.41, 5.74) is -12.5. The highest BCUT2D eigenvalue weighted by molar-refractivity contribution is 6.74. The van der Waals surface area contributed by atoms with Crippen LogP contribution in [-0.4, -0.2) is 14.6 Å². The topological polar surface area (TPSA) is 26.3 Å². The molecule has 0 saturated carbocycles. The summed E-state index contributed by atoms with van der Waals surface area (Å²) >= 11 is 0. The van der Waals surface area contributed by atoms with Crippen LogP contribution in [0.2, 0.25) is 18.1 Å². The quantitative estimate of drug-likeness (QED) is 0.133. The predicted octanol–water partition coefficient (Wildman–Crippen LogP) is 11.4. The molecule has 0 aliphatic carbocycles. The molecule has 3 aromatic carbocycles. The molecule has 0 heterocycles. The van der Waals surface area contributed by atoms with E-state index in [4.69, 9.17) is 4.43 Å². The molecule has 0 fully saturated rings. The second-order valence-corrected chi connectivity index (χ2v) is 17.3. The average Bonchev–Trinajstić information content (AvgIpc) is 2.92. The highest BCUT2D eigenvalue weighted by atomic mass is 28.4. The van der Waals surface area contributed by atoms with Crippen LogP contribution in [0.3, 0.4) is 0 Å². The fourth-order valence-corrected chi connectivity index (χ4v) is 6.46. The first kappa shape index (κ1) is 38.1. The van der Waals surface area contributed by atoms with Crippen LogP contribution in [0, 0.1) is 0 Å². The summed E-state index contributed by atoms with van der Waals surface area (Å²) in [4.78, 5) is 12.2. The normalized spacial score (nSPS) is 14.7. The summed E-state index contributed by atoms with van der Waals surface area (Å²) in [6.07, 6.45) is -22.4. The Labute approximate surface area is 263 Å². The zero-order chi connectivity index (χ0) is 36.0. The Balaban J connectivity index is 2.80. The maximum absolute atomic E-state index is 14.2. The first-order valence-corrected chi connectivity index (χ1v) is 16.8. The molecule has 0 aromatic heterocycles. The van der Waals surface area contributed by atoms with Gasteiger partial charge in [0.15, 0.2) is 8.32 Å². The zero-order valence-corrected chi connectivity index (χ0v) is 26.6. The number of halogens is 12. The van der Waals surface area contributed by atoms with Crippen LogP contribution < -0.4 is 0 Å². The van der Waals surface area contributed by atoms with Gasteiger partial charge in [0.2, 0.25) is 0 Å². The van der Waals surface area contributed by atoms with Gasteiger partial charge in [0.05, 0.1) is 22.3 Å². The molecule has 0 saturated heterocycles. The van der Waals surface area contributed by atoms with Crippen LogP contribution in [0.4, 0.5) is 52.7 Å². The predicted molar refractivity (Wildman–Crippen MR) is 152 cm³/mol. The lowest BCUT2D eigenvalue weighted by Crippen LogP contribution is -2.52. The Morgan fingerprint density at radius 3 is 1.19 bits per heavy atom. The molecule has 0 aliphatic rings. The smallest absolute Gasteiger partial charge is 0.403 e. The largest absolute Gasteiger partial charge is 0.416 e. The van der Waals surface area contributed by atoms with Crippen molar-refractivity contribution in [3.05, 3.63) is 106 Å². The van der Waals surface area contributed by atoms with Gasteiger partial charge >= 0.3 is 24.7 Å². The lowest BCUT2D eigenvalue weighted by Gasteiger charge is -2.50. The summed E-state index contributed by atoms with van der Waals surface area (Å²) in [6.45, 7) is 7.74. The van der Waals surface area contributed by atoms with Gasteiger partial charge < -0.3 is 9.22 Å². The standard InChI is InChI=1S/C32H30F12O2Si/c1-27(2,3)47(4,5)46-28(26(11-12-45)19-9-7-6-8-10-19,20-13-22(29(33,34)35)17-23(14-20)30(36,37)38)21-15-24(31(39,40)41)18-25(16-21)32(42,43)44/h6-10,12-18,26H,11H2,1-5H3. The van der Waals surface area contributed by atoms with Crippen LogP contribution in [0.15, 0.2) is 66.7 Å². The Kier molecular flexibility index (Phi) is 10.2. The van der Waals surface area contributed by atoms with Crippen molar-refractivity contribution in [1.29, 1.82) is 0 Å². The third-order valence-corrected chi connectivity index (χ3v) is 12.7. The molecular formula is C32H30F12O2Si. The SMILES string of the molecule is CC(C)(C)[Si](C)(C)OC(c1cc(C(F)(F)F)cc(C(F)(F)F)c1)(c1cc(C(F)(F)F)cc(C(F)(F)F)c1)C(CC=O)c1ccccc1. The molecule has 1 unspecified atom stereocenters. The summed E-state index contributed by atoms with van der Waals surface area (Å²) < 4.78 is 177. The number of aldehydes is 1. The molecule has 2 nitrogen and oxygen atoms in total.